The van der Waals surface area contributed by atoms with Crippen LogP contribution in [0.4, 0.5) is 0 Å². The van der Waals surface area contributed by atoms with Crippen molar-refractivity contribution in [2.24, 2.45) is 0 Å². The van der Waals surface area contributed by atoms with E-state index in [1.165, 1.54) is 12.7 Å². The lowest BCUT2D eigenvalue weighted by Crippen LogP contribution is -2.36. The van der Waals surface area contributed by atoms with Gasteiger partial charge in [-0.05, 0) is 6.92 Å². The molecule has 1 saturated heterocycles. The van der Waals surface area contributed by atoms with Crippen LogP contribution < -0.4 is 0 Å². The Morgan fingerprint density at radius 2 is 2.17 bits per heavy atom. The third kappa shape index (κ3) is 3.60. The molecular weight excluding hydrogens is 312 g/mol. The van der Waals surface area contributed by atoms with Gasteiger partial charge in [-0.1, -0.05) is 29.8 Å². The summed E-state index contributed by atoms with van der Waals surface area (Å²) in [5.74, 6) is -0.287. The number of nitrogens with zero attached hydrogens (tertiary/aromatic N) is 2. The van der Waals surface area contributed by atoms with Crippen molar-refractivity contribution in [3.05, 3.63) is 40.9 Å². The maximum Gasteiger partial charge on any atom is 0.323 e. The summed E-state index contributed by atoms with van der Waals surface area (Å²) >= 11 is 1.61. The molecule has 5 nitrogen and oxygen atoms in total. The molecule has 1 N–H and O–H groups in total. The van der Waals surface area contributed by atoms with Gasteiger partial charge in [0.25, 0.3) is 0 Å². The summed E-state index contributed by atoms with van der Waals surface area (Å²) in [6.07, 6.45) is 1.79. The molecule has 1 aliphatic heterocycles. The van der Waals surface area contributed by atoms with Crippen molar-refractivity contribution >= 4 is 17.3 Å². The minimum Gasteiger partial charge on any atom is -0.468 e. The van der Waals surface area contributed by atoms with Crippen LogP contribution in [0.2, 0.25) is 0 Å². The summed E-state index contributed by atoms with van der Waals surface area (Å²) in [5, 5.41) is 10.8. The number of aryl methyl sites for hydroxylation is 1. The average molecular weight is 332 g/mol. The average Bonchev–Trinajstić information content (AvgIpc) is 3.14. The van der Waals surface area contributed by atoms with Gasteiger partial charge in [0.05, 0.1) is 13.2 Å². The Hall–Kier alpha value is -1.76. The van der Waals surface area contributed by atoms with Crippen molar-refractivity contribution in [3.63, 3.8) is 0 Å². The number of carbonyl (C=O) groups is 1. The van der Waals surface area contributed by atoms with Gasteiger partial charge in [-0.2, -0.15) is 0 Å². The zero-order chi connectivity index (χ0) is 16.4. The molecule has 6 heteroatoms. The molecule has 1 aromatic heterocycles. The maximum absolute atomic E-state index is 11.8. The third-order valence-electron chi connectivity index (χ3n) is 4.07. The first-order valence-electron chi connectivity index (χ1n) is 7.58. The molecule has 23 heavy (non-hydrogen) atoms. The highest BCUT2D eigenvalue weighted by atomic mass is 32.1. The summed E-state index contributed by atoms with van der Waals surface area (Å²) in [6.45, 7) is 3.14. The Labute approximate surface area is 139 Å². The van der Waals surface area contributed by atoms with E-state index in [-0.39, 0.29) is 12.0 Å². The molecular formula is C17H20N2O3S. The Bertz CT molecular complexity index is 683. The van der Waals surface area contributed by atoms with Crippen molar-refractivity contribution in [3.8, 4) is 10.6 Å². The van der Waals surface area contributed by atoms with Crippen LogP contribution in [0, 0.1) is 6.92 Å². The van der Waals surface area contributed by atoms with Crippen LogP contribution in [0.25, 0.3) is 10.6 Å². The topological polar surface area (TPSA) is 62.7 Å². The van der Waals surface area contributed by atoms with Crippen molar-refractivity contribution < 1.29 is 14.6 Å². The van der Waals surface area contributed by atoms with E-state index in [9.17, 15) is 9.90 Å². The van der Waals surface area contributed by atoms with E-state index in [1.54, 1.807) is 11.3 Å². The number of methoxy groups -OCH3 is 1. The molecule has 2 aromatic rings. The number of rotatable bonds is 4. The quantitative estimate of drug-likeness (QED) is 0.870. The number of thiazole rings is 1. The number of benzene rings is 1. The van der Waals surface area contributed by atoms with Crippen LogP contribution in [-0.2, 0) is 16.1 Å². The van der Waals surface area contributed by atoms with Crippen molar-refractivity contribution in [2.45, 2.75) is 32.0 Å². The fraction of sp³-hybridized carbons (Fsp3) is 0.412. The first-order valence-corrected chi connectivity index (χ1v) is 8.40. The predicted octanol–water partition coefficient (Wildman–Crippen LogP) is 2.23. The first kappa shape index (κ1) is 16.1. The van der Waals surface area contributed by atoms with Gasteiger partial charge in [0.15, 0.2) is 0 Å². The molecule has 0 unspecified atom stereocenters. The molecule has 1 aromatic carbocycles. The molecule has 0 bridgehead atoms. The Morgan fingerprint density at radius 1 is 1.43 bits per heavy atom. The fourth-order valence-corrected chi connectivity index (χ4v) is 3.79. The number of esters is 1. The number of carbonyl (C=O) groups excluding carboxylic acids is 1. The number of hydrogen-bond donors (Lipinski definition) is 1. The van der Waals surface area contributed by atoms with E-state index in [1.807, 2.05) is 11.1 Å². The molecule has 122 valence electrons. The van der Waals surface area contributed by atoms with Crippen LogP contribution in [0.3, 0.4) is 0 Å². The van der Waals surface area contributed by atoms with Gasteiger partial charge in [0.2, 0.25) is 0 Å². The molecule has 0 aliphatic carbocycles. The van der Waals surface area contributed by atoms with E-state index < -0.39 is 6.10 Å². The zero-order valence-electron chi connectivity index (χ0n) is 13.2. The monoisotopic (exact) mass is 332 g/mol. The molecule has 0 saturated carbocycles. The van der Waals surface area contributed by atoms with E-state index in [0.29, 0.717) is 19.5 Å². The van der Waals surface area contributed by atoms with Gasteiger partial charge in [0.1, 0.15) is 11.0 Å². The lowest BCUT2D eigenvalue weighted by atomic mass is 10.2. The van der Waals surface area contributed by atoms with Gasteiger partial charge in [0, 0.05) is 36.1 Å². The molecule has 0 amide bonds. The number of hydrogen-bond acceptors (Lipinski definition) is 6. The highest BCUT2D eigenvalue weighted by Gasteiger charge is 2.36. The van der Waals surface area contributed by atoms with Crippen LogP contribution in [0.1, 0.15) is 16.9 Å². The van der Waals surface area contributed by atoms with Crippen LogP contribution in [0.5, 0.6) is 0 Å². The van der Waals surface area contributed by atoms with E-state index in [4.69, 9.17) is 4.74 Å². The van der Waals surface area contributed by atoms with Crippen LogP contribution >= 0.6 is 11.3 Å². The summed E-state index contributed by atoms with van der Waals surface area (Å²) in [5.41, 5.74) is 2.32. The number of aliphatic hydroxyl groups is 1. The third-order valence-corrected chi connectivity index (χ3v) is 5.10. The number of likely N-dealkylation sites (tertiary alicyclic amines) is 1. The number of aromatic nitrogens is 1. The minimum atomic E-state index is -0.483. The standard InChI is InChI=1S/C17H20N2O3S/c1-11-3-5-12(6-4-11)16-18-8-14(23-16)10-19-9-13(20)7-15(19)17(21)22-2/h3-6,8,13,15,20H,7,9-10H2,1-2H3/t13-,15-/m0/s1. The van der Waals surface area contributed by atoms with Gasteiger partial charge in [-0.15, -0.1) is 11.3 Å². The zero-order valence-corrected chi connectivity index (χ0v) is 14.0. The highest BCUT2D eigenvalue weighted by molar-refractivity contribution is 7.15. The fourth-order valence-electron chi connectivity index (χ4n) is 2.85. The number of β-amino-alcohol motifs (C(OH)–C–C–N with tert-alkyl or cyclic N) is 1. The van der Waals surface area contributed by atoms with Crippen LogP contribution in [-0.4, -0.2) is 46.8 Å². The van der Waals surface area contributed by atoms with Crippen molar-refractivity contribution in [1.82, 2.24) is 9.88 Å². The Kier molecular flexibility index (Phi) is 4.75. The van der Waals surface area contributed by atoms with Crippen molar-refractivity contribution in [1.29, 1.82) is 0 Å². The highest BCUT2D eigenvalue weighted by Crippen LogP contribution is 2.28. The van der Waals surface area contributed by atoms with E-state index >= 15 is 0 Å². The predicted molar refractivity (Wildman–Crippen MR) is 89.1 cm³/mol. The Morgan fingerprint density at radius 3 is 2.87 bits per heavy atom. The summed E-state index contributed by atoms with van der Waals surface area (Å²) in [6, 6.07) is 7.89. The lowest BCUT2D eigenvalue weighted by molar-refractivity contribution is -0.146. The summed E-state index contributed by atoms with van der Waals surface area (Å²) in [4.78, 5) is 19.3. The van der Waals surface area contributed by atoms with E-state index in [2.05, 4.69) is 36.2 Å². The van der Waals surface area contributed by atoms with Gasteiger partial charge in [-0.25, -0.2) is 4.98 Å². The maximum atomic E-state index is 11.8. The van der Waals surface area contributed by atoms with Gasteiger partial charge < -0.3 is 9.84 Å². The molecule has 1 aliphatic rings. The molecule has 0 radical (unpaired) electrons. The molecule has 2 atom stereocenters. The SMILES string of the molecule is COC(=O)[C@@H]1C[C@H](O)CN1Cc1cnc(-c2ccc(C)cc2)s1. The van der Waals surface area contributed by atoms with Gasteiger partial charge in [-0.3, -0.25) is 9.69 Å². The molecule has 3 rings (SSSR count). The normalized spacial score (nSPS) is 21.5. The Balaban J connectivity index is 1.73. The molecule has 2 heterocycles. The number of ether oxygens (including phenoxy) is 1. The summed E-state index contributed by atoms with van der Waals surface area (Å²) in [7, 11) is 1.38. The van der Waals surface area contributed by atoms with E-state index in [0.717, 1.165) is 15.4 Å². The summed E-state index contributed by atoms with van der Waals surface area (Å²) < 4.78 is 4.83. The van der Waals surface area contributed by atoms with Crippen molar-refractivity contribution in [2.75, 3.05) is 13.7 Å². The van der Waals surface area contributed by atoms with Gasteiger partial charge >= 0.3 is 5.97 Å². The molecule has 1 fully saturated rings. The van der Waals surface area contributed by atoms with Crippen LogP contribution in [0.15, 0.2) is 30.5 Å². The second-order valence-corrected chi connectivity index (χ2v) is 6.97. The second kappa shape index (κ2) is 6.78. The largest absolute Gasteiger partial charge is 0.468 e. The first-order chi connectivity index (χ1) is 11.1. The lowest BCUT2D eigenvalue weighted by Gasteiger charge is -2.20. The molecule has 0 spiro atoms. The smallest absolute Gasteiger partial charge is 0.323 e. The second-order valence-electron chi connectivity index (χ2n) is 5.86. The number of aliphatic hydroxyl groups excluding tert-OH is 1. The minimum absolute atomic E-state index is 0.287.